The number of nitrogens with one attached hydrogen (secondary N) is 2. The van der Waals surface area contributed by atoms with Crippen LogP contribution in [0.1, 0.15) is 17.3 Å². The molecule has 1 rings (SSSR count). The number of carbonyl (C=O) groups is 1. The molecule has 0 aliphatic carbocycles. The zero-order valence-corrected chi connectivity index (χ0v) is 12.5. The number of halogens is 1. The SMILES string of the molecule is CCOC(=O)c1cc(Cl)c(N/N=C(\C#N)C(=N)N)c([N+](=O)[O-])c1. The highest BCUT2D eigenvalue weighted by Gasteiger charge is 2.22. The molecule has 0 aromatic heterocycles. The predicted octanol–water partition coefficient (Wildman–Crippen LogP) is 1.65. The number of esters is 1. The zero-order chi connectivity index (χ0) is 17.6. The van der Waals surface area contributed by atoms with Gasteiger partial charge in [0.1, 0.15) is 6.07 Å². The van der Waals surface area contributed by atoms with Crippen LogP contribution in [0.5, 0.6) is 0 Å². The number of hydrogen-bond acceptors (Lipinski definition) is 8. The van der Waals surface area contributed by atoms with Crippen LogP contribution in [-0.4, -0.2) is 29.0 Å². The average molecular weight is 339 g/mol. The van der Waals surface area contributed by atoms with Gasteiger partial charge in [0.15, 0.2) is 11.5 Å². The fraction of sp³-hybridized carbons (Fsp3) is 0.167. The highest BCUT2D eigenvalue weighted by Crippen LogP contribution is 2.34. The Labute approximate surface area is 135 Å². The van der Waals surface area contributed by atoms with E-state index in [9.17, 15) is 14.9 Å². The highest BCUT2D eigenvalue weighted by atomic mass is 35.5. The molecule has 0 spiro atoms. The van der Waals surface area contributed by atoms with Crippen LogP contribution in [0.15, 0.2) is 17.2 Å². The van der Waals surface area contributed by atoms with Crippen molar-refractivity contribution in [2.24, 2.45) is 10.8 Å². The lowest BCUT2D eigenvalue weighted by molar-refractivity contribution is -0.384. The van der Waals surface area contributed by atoms with Crippen molar-refractivity contribution in [3.63, 3.8) is 0 Å². The Morgan fingerprint density at radius 3 is 2.78 bits per heavy atom. The molecule has 0 bridgehead atoms. The van der Waals surface area contributed by atoms with Gasteiger partial charge in [-0.1, -0.05) is 11.6 Å². The molecule has 0 aliphatic heterocycles. The third-order valence-corrected chi connectivity index (χ3v) is 2.72. The van der Waals surface area contributed by atoms with E-state index < -0.39 is 28.1 Å². The Kier molecular flexibility index (Phi) is 5.99. The summed E-state index contributed by atoms with van der Waals surface area (Å²) in [6, 6.07) is 3.65. The molecular formula is C12H11ClN6O4. The maximum Gasteiger partial charge on any atom is 0.338 e. The van der Waals surface area contributed by atoms with Crippen molar-refractivity contribution in [1.82, 2.24) is 0 Å². The van der Waals surface area contributed by atoms with E-state index in [-0.39, 0.29) is 22.9 Å². The first-order valence-corrected chi connectivity index (χ1v) is 6.42. The summed E-state index contributed by atoms with van der Waals surface area (Å²) in [5.74, 6) is -1.39. The van der Waals surface area contributed by atoms with Crippen LogP contribution >= 0.6 is 11.6 Å². The summed E-state index contributed by atoms with van der Waals surface area (Å²) in [4.78, 5) is 22.0. The van der Waals surface area contributed by atoms with Crippen LogP contribution in [0.4, 0.5) is 11.4 Å². The summed E-state index contributed by atoms with van der Waals surface area (Å²) < 4.78 is 4.75. The molecule has 0 fully saturated rings. The zero-order valence-electron chi connectivity index (χ0n) is 11.8. The largest absolute Gasteiger partial charge is 0.462 e. The molecule has 23 heavy (non-hydrogen) atoms. The number of nitrogens with zero attached hydrogens (tertiary/aromatic N) is 3. The number of nitro groups is 1. The third kappa shape index (κ3) is 4.39. The van der Waals surface area contributed by atoms with Gasteiger partial charge in [-0.25, -0.2) is 4.79 Å². The fourth-order valence-electron chi connectivity index (χ4n) is 1.44. The molecule has 0 saturated carbocycles. The summed E-state index contributed by atoms with van der Waals surface area (Å²) in [6.45, 7) is 1.68. The monoisotopic (exact) mass is 338 g/mol. The van der Waals surface area contributed by atoms with Crippen LogP contribution in [0.2, 0.25) is 5.02 Å². The van der Waals surface area contributed by atoms with Crippen LogP contribution in [-0.2, 0) is 4.74 Å². The quantitative estimate of drug-likeness (QED) is 0.233. The molecular weight excluding hydrogens is 328 g/mol. The van der Waals surface area contributed by atoms with Crippen LogP contribution < -0.4 is 11.2 Å². The van der Waals surface area contributed by atoms with Gasteiger partial charge in [0.2, 0.25) is 5.71 Å². The number of benzene rings is 1. The normalized spacial score (nSPS) is 10.6. The van der Waals surface area contributed by atoms with E-state index in [2.05, 4.69) is 10.5 Å². The van der Waals surface area contributed by atoms with Crippen molar-refractivity contribution in [3.05, 3.63) is 32.8 Å². The number of carbonyl (C=O) groups excluding carboxylic acids is 1. The van der Waals surface area contributed by atoms with Gasteiger partial charge < -0.3 is 10.5 Å². The number of ether oxygens (including phenoxy) is 1. The smallest absolute Gasteiger partial charge is 0.338 e. The first-order valence-electron chi connectivity index (χ1n) is 6.05. The van der Waals surface area contributed by atoms with Gasteiger partial charge in [-0.3, -0.25) is 20.9 Å². The van der Waals surface area contributed by atoms with Gasteiger partial charge in [-0.2, -0.15) is 10.4 Å². The van der Waals surface area contributed by atoms with Gasteiger partial charge in [-0.05, 0) is 13.0 Å². The minimum Gasteiger partial charge on any atom is -0.462 e. The summed E-state index contributed by atoms with van der Waals surface area (Å²) in [7, 11) is 0. The Balaban J connectivity index is 3.33. The van der Waals surface area contributed by atoms with E-state index in [1.165, 1.54) is 6.07 Å². The Morgan fingerprint density at radius 1 is 1.65 bits per heavy atom. The van der Waals surface area contributed by atoms with Gasteiger partial charge in [0.05, 0.1) is 22.1 Å². The van der Waals surface area contributed by atoms with Crippen molar-refractivity contribution in [1.29, 1.82) is 10.7 Å². The molecule has 4 N–H and O–H groups in total. The highest BCUT2D eigenvalue weighted by molar-refractivity contribution is 6.46. The molecule has 120 valence electrons. The lowest BCUT2D eigenvalue weighted by Gasteiger charge is -2.08. The summed E-state index contributed by atoms with van der Waals surface area (Å²) in [5, 5.41) is 30.2. The Morgan fingerprint density at radius 2 is 2.30 bits per heavy atom. The first kappa shape index (κ1) is 17.9. The number of nitriles is 1. The van der Waals surface area contributed by atoms with Gasteiger partial charge >= 0.3 is 5.97 Å². The molecule has 1 aromatic carbocycles. The second kappa shape index (κ2) is 7.71. The van der Waals surface area contributed by atoms with E-state index in [0.717, 1.165) is 12.1 Å². The lowest BCUT2D eigenvalue weighted by Crippen LogP contribution is -2.22. The second-order valence-corrected chi connectivity index (χ2v) is 4.33. The molecule has 0 heterocycles. The van der Waals surface area contributed by atoms with Crippen molar-refractivity contribution in [3.8, 4) is 6.07 Å². The van der Waals surface area contributed by atoms with Crippen LogP contribution in [0.3, 0.4) is 0 Å². The molecule has 0 unspecified atom stereocenters. The Hall–Kier alpha value is -3.19. The molecule has 0 atom stereocenters. The maximum absolute atomic E-state index is 11.6. The molecule has 0 aliphatic rings. The second-order valence-electron chi connectivity index (χ2n) is 3.93. The standard InChI is InChI=1S/C12H11ClN6O4/c1-2-23-12(20)6-3-7(13)10(9(4-6)19(21)22)18-17-8(5-14)11(15)16/h3-4,18H,2H2,1H3,(H3,15,16)/b17-8+. The van der Waals surface area contributed by atoms with E-state index >= 15 is 0 Å². The Bertz CT molecular complexity index is 740. The van der Waals surface area contributed by atoms with Crippen molar-refractivity contribution in [2.75, 3.05) is 12.0 Å². The average Bonchev–Trinajstić information content (AvgIpc) is 2.48. The number of anilines is 1. The van der Waals surface area contributed by atoms with E-state index in [4.69, 9.17) is 32.7 Å². The van der Waals surface area contributed by atoms with Gasteiger partial charge in [-0.15, -0.1) is 0 Å². The molecule has 1 aromatic rings. The molecule has 0 saturated heterocycles. The van der Waals surface area contributed by atoms with E-state index in [0.29, 0.717) is 0 Å². The maximum atomic E-state index is 11.6. The third-order valence-electron chi connectivity index (χ3n) is 2.42. The lowest BCUT2D eigenvalue weighted by atomic mass is 10.1. The number of nitro benzene ring substituents is 1. The fourth-order valence-corrected chi connectivity index (χ4v) is 1.69. The number of rotatable bonds is 6. The van der Waals surface area contributed by atoms with Crippen molar-refractivity contribution in [2.45, 2.75) is 6.92 Å². The summed E-state index contributed by atoms with van der Waals surface area (Å²) >= 11 is 5.92. The van der Waals surface area contributed by atoms with Crippen molar-refractivity contribution >= 4 is 40.5 Å². The first-order chi connectivity index (χ1) is 10.8. The van der Waals surface area contributed by atoms with E-state index in [1.807, 2.05) is 0 Å². The summed E-state index contributed by atoms with van der Waals surface area (Å²) in [5.41, 5.74) is 5.93. The number of amidine groups is 1. The van der Waals surface area contributed by atoms with E-state index in [1.54, 1.807) is 6.92 Å². The predicted molar refractivity (Wildman–Crippen MR) is 82.6 cm³/mol. The van der Waals surface area contributed by atoms with Crippen LogP contribution in [0, 0.1) is 26.9 Å². The number of nitrogens with two attached hydrogens (primary N) is 1. The van der Waals surface area contributed by atoms with Crippen LogP contribution in [0.25, 0.3) is 0 Å². The summed E-state index contributed by atoms with van der Waals surface area (Å²) in [6.07, 6.45) is 0. The molecule has 0 amide bonds. The van der Waals surface area contributed by atoms with Gasteiger partial charge in [0.25, 0.3) is 5.69 Å². The molecule has 10 nitrogen and oxygen atoms in total. The van der Waals surface area contributed by atoms with Crippen molar-refractivity contribution < 1.29 is 14.5 Å². The number of hydrazone groups is 1. The minimum atomic E-state index is -0.785. The molecule has 11 heteroatoms. The molecule has 0 radical (unpaired) electrons. The number of hydrogen-bond donors (Lipinski definition) is 3. The topological polar surface area (TPSA) is 167 Å². The van der Waals surface area contributed by atoms with Gasteiger partial charge in [0, 0.05) is 6.07 Å². The minimum absolute atomic E-state index is 0.0959.